The predicted octanol–water partition coefficient (Wildman–Crippen LogP) is 3.31. The fourth-order valence-corrected chi connectivity index (χ4v) is 3.43. The van der Waals surface area contributed by atoms with Gasteiger partial charge in [-0.1, -0.05) is 30.5 Å². The van der Waals surface area contributed by atoms with Crippen LogP contribution in [0.2, 0.25) is 0 Å². The van der Waals surface area contributed by atoms with Gasteiger partial charge < -0.3 is 0 Å². The minimum atomic E-state index is 0.332. The smallest absolute Gasteiger partial charge is 0.0493 e. The predicted molar refractivity (Wildman–Crippen MR) is 72.7 cm³/mol. The van der Waals surface area contributed by atoms with Crippen LogP contribution >= 0.6 is 0 Å². The van der Waals surface area contributed by atoms with E-state index in [-0.39, 0.29) is 0 Å². The lowest BCUT2D eigenvalue weighted by Gasteiger charge is -2.26. The maximum atomic E-state index is 5.81. The molecule has 0 amide bonds. The molecule has 2 rings (SSSR count). The molecule has 1 saturated carbocycles. The van der Waals surface area contributed by atoms with E-state index in [4.69, 9.17) is 5.84 Å². The van der Waals surface area contributed by atoms with Gasteiger partial charge in [0.05, 0.1) is 0 Å². The van der Waals surface area contributed by atoms with E-state index in [9.17, 15) is 0 Å². The molecule has 0 aromatic heterocycles. The lowest BCUT2D eigenvalue weighted by atomic mass is 9.86. The Morgan fingerprint density at radius 2 is 1.65 bits per heavy atom. The SMILES string of the molecule is Cc1cc(C)c(C(NN)C2CCCC2)c(C)c1. The van der Waals surface area contributed by atoms with Crippen LogP contribution < -0.4 is 11.3 Å². The molecule has 0 aliphatic heterocycles. The van der Waals surface area contributed by atoms with Crippen molar-refractivity contribution < 1.29 is 0 Å². The van der Waals surface area contributed by atoms with Crippen molar-refractivity contribution in [3.05, 3.63) is 34.4 Å². The van der Waals surface area contributed by atoms with Crippen LogP contribution in [0, 0.1) is 26.7 Å². The molecular weight excluding hydrogens is 208 g/mol. The van der Waals surface area contributed by atoms with E-state index in [1.165, 1.54) is 47.9 Å². The topological polar surface area (TPSA) is 38.0 Å². The molecule has 0 radical (unpaired) electrons. The van der Waals surface area contributed by atoms with Gasteiger partial charge >= 0.3 is 0 Å². The molecule has 17 heavy (non-hydrogen) atoms. The second kappa shape index (κ2) is 5.19. The van der Waals surface area contributed by atoms with Gasteiger partial charge in [0.15, 0.2) is 0 Å². The van der Waals surface area contributed by atoms with Crippen LogP contribution in [0.3, 0.4) is 0 Å². The zero-order chi connectivity index (χ0) is 12.4. The summed E-state index contributed by atoms with van der Waals surface area (Å²) in [5.74, 6) is 6.52. The van der Waals surface area contributed by atoms with Crippen LogP contribution in [0.15, 0.2) is 12.1 Å². The van der Waals surface area contributed by atoms with Gasteiger partial charge in [-0.15, -0.1) is 0 Å². The van der Waals surface area contributed by atoms with E-state index in [1.807, 2.05) is 0 Å². The van der Waals surface area contributed by atoms with Gasteiger partial charge in [-0.05, 0) is 56.2 Å². The van der Waals surface area contributed by atoms with Crippen molar-refractivity contribution in [2.75, 3.05) is 0 Å². The van der Waals surface area contributed by atoms with E-state index in [0.717, 1.165) is 0 Å². The molecule has 1 fully saturated rings. The Labute approximate surface area is 105 Å². The first-order chi connectivity index (χ1) is 8.13. The first-order valence-corrected chi connectivity index (χ1v) is 6.67. The molecule has 94 valence electrons. The van der Waals surface area contributed by atoms with E-state index in [2.05, 4.69) is 38.3 Å². The third-order valence-corrected chi connectivity index (χ3v) is 4.10. The van der Waals surface area contributed by atoms with Crippen LogP contribution in [-0.4, -0.2) is 0 Å². The van der Waals surface area contributed by atoms with Crippen molar-refractivity contribution in [3.8, 4) is 0 Å². The van der Waals surface area contributed by atoms with Gasteiger partial charge in [0.2, 0.25) is 0 Å². The highest BCUT2D eigenvalue weighted by atomic mass is 15.2. The van der Waals surface area contributed by atoms with Crippen molar-refractivity contribution in [3.63, 3.8) is 0 Å². The molecule has 1 unspecified atom stereocenters. The molecule has 1 aliphatic carbocycles. The highest BCUT2D eigenvalue weighted by molar-refractivity contribution is 5.40. The molecule has 0 bridgehead atoms. The Morgan fingerprint density at radius 1 is 1.12 bits per heavy atom. The molecular formula is C15H24N2. The van der Waals surface area contributed by atoms with Crippen molar-refractivity contribution in [2.24, 2.45) is 11.8 Å². The maximum Gasteiger partial charge on any atom is 0.0493 e. The van der Waals surface area contributed by atoms with Crippen molar-refractivity contribution >= 4 is 0 Å². The lowest BCUT2D eigenvalue weighted by molar-refractivity contribution is 0.371. The minimum Gasteiger partial charge on any atom is -0.271 e. The van der Waals surface area contributed by atoms with Crippen LogP contribution in [0.4, 0.5) is 0 Å². The largest absolute Gasteiger partial charge is 0.271 e. The van der Waals surface area contributed by atoms with Gasteiger partial charge in [-0.3, -0.25) is 11.3 Å². The molecule has 0 spiro atoms. The summed E-state index contributed by atoms with van der Waals surface area (Å²) < 4.78 is 0. The summed E-state index contributed by atoms with van der Waals surface area (Å²) in [6, 6.07) is 4.86. The third kappa shape index (κ3) is 2.53. The van der Waals surface area contributed by atoms with Gasteiger partial charge in [0, 0.05) is 6.04 Å². The van der Waals surface area contributed by atoms with Crippen molar-refractivity contribution in [1.82, 2.24) is 5.43 Å². The van der Waals surface area contributed by atoms with Crippen molar-refractivity contribution in [2.45, 2.75) is 52.5 Å². The van der Waals surface area contributed by atoms with Gasteiger partial charge in [0.25, 0.3) is 0 Å². The van der Waals surface area contributed by atoms with Gasteiger partial charge in [-0.2, -0.15) is 0 Å². The Hall–Kier alpha value is -0.860. The first-order valence-electron chi connectivity index (χ1n) is 6.67. The van der Waals surface area contributed by atoms with Crippen molar-refractivity contribution in [1.29, 1.82) is 0 Å². The number of benzene rings is 1. The quantitative estimate of drug-likeness (QED) is 0.620. The minimum absolute atomic E-state index is 0.332. The number of nitrogens with one attached hydrogen (secondary N) is 1. The summed E-state index contributed by atoms with van der Waals surface area (Å²) in [6.07, 6.45) is 5.32. The molecule has 1 atom stereocenters. The molecule has 1 aromatic rings. The third-order valence-electron chi connectivity index (χ3n) is 4.10. The van der Waals surface area contributed by atoms with Crippen LogP contribution in [0.1, 0.15) is 54.0 Å². The number of hydrogen-bond donors (Lipinski definition) is 2. The Bertz CT molecular complexity index is 369. The van der Waals surface area contributed by atoms with E-state index >= 15 is 0 Å². The zero-order valence-electron chi connectivity index (χ0n) is 11.2. The normalized spacial score (nSPS) is 18.6. The average molecular weight is 232 g/mol. The summed E-state index contributed by atoms with van der Waals surface area (Å²) in [5, 5.41) is 0. The lowest BCUT2D eigenvalue weighted by Crippen LogP contribution is -2.33. The monoisotopic (exact) mass is 232 g/mol. The Balaban J connectivity index is 2.36. The molecule has 1 aliphatic rings. The van der Waals surface area contributed by atoms with E-state index in [0.29, 0.717) is 12.0 Å². The van der Waals surface area contributed by atoms with Crippen LogP contribution in [-0.2, 0) is 0 Å². The summed E-state index contributed by atoms with van der Waals surface area (Å²) in [4.78, 5) is 0. The summed E-state index contributed by atoms with van der Waals surface area (Å²) in [7, 11) is 0. The zero-order valence-corrected chi connectivity index (χ0v) is 11.2. The molecule has 3 N–H and O–H groups in total. The highest BCUT2D eigenvalue weighted by Gasteiger charge is 2.27. The molecule has 0 saturated heterocycles. The van der Waals surface area contributed by atoms with Crippen LogP contribution in [0.25, 0.3) is 0 Å². The highest BCUT2D eigenvalue weighted by Crippen LogP contribution is 2.37. The van der Waals surface area contributed by atoms with Crippen LogP contribution in [0.5, 0.6) is 0 Å². The standard InChI is InChI=1S/C15H24N2/c1-10-8-11(2)14(12(3)9-10)15(17-16)13-6-4-5-7-13/h8-9,13,15,17H,4-7,16H2,1-3H3. The maximum absolute atomic E-state index is 5.81. The van der Waals surface area contributed by atoms with Gasteiger partial charge in [0.1, 0.15) is 0 Å². The summed E-state index contributed by atoms with van der Waals surface area (Å²) in [6.45, 7) is 6.56. The fraction of sp³-hybridized carbons (Fsp3) is 0.600. The Morgan fingerprint density at radius 3 is 2.12 bits per heavy atom. The number of hydrazine groups is 1. The molecule has 0 heterocycles. The number of nitrogens with two attached hydrogens (primary N) is 1. The van der Waals surface area contributed by atoms with E-state index < -0.39 is 0 Å². The second-order valence-corrected chi connectivity index (χ2v) is 5.50. The number of hydrogen-bond acceptors (Lipinski definition) is 2. The first kappa shape index (κ1) is 12.6. The summed E-state index contributed by atoms with van der Waals surface area (Å²) >= 11 is 0. The number of aryl methyl sites for hydroxylation is 3. The average Bonchev–Trinajstić information content (AvgIpc) is 2.76. The van der Waals surface area contributed by atoms with E-state index in [1.54, 1.807) is 0 Å². The number of rotatable bonds is 3. The molecule has 2 heteroatoms. The molecule has 2 nitrogen and oxygen atoms in total. The fourth-order valence-electron chi connectivity index (χ4n) is 3.43. The summed E-state index contributed by atoms with van der Waals surface area (Å²) in [5.41, 5.74) is 8.57. The van der Waals surface area contributed by atoms with Gasteiger partial charge in [-0.25, -0.2) is 0 Å². The Kier molecular flexibility index (Phi) is 3.85. The molecule has 1 aromatic carbocycles. The second-order valence-electron chi connectivity index (χ2n) is 5.50.